The van der Waals surface area contributed by atoms with Gasteiger partial charge in [-0.3, -0.25) is 10.1 Å². The lowest BCUT2D eigenvalue weighted by molar-refractivity contribution is 0.0958. The van der Waals surface area contributed by atoms with Crippen LogP contribution in [0.25, 0.3) is 10.9 Å². The number of nitrogens with zero attached hydrogens (tertiary/aromatic N) is 4. The van der Waals surface area contributed by atoms with Gasteiger partial charge in [-0.25, -0.2) is 19.9 Å². The Morgan fingerprint density at radius 2 is 2.00 bits per heavy atom. The van der Waals surface area contributed by atoms with E-state index in [1.807, 2.05) is 37.3 Å². The standard InChI is InChI=1S/C22H19N5O3/c1-12-14-5-3-6-19(29-2)20(14)26-22(24-12)27-21-23-11-15-16(25-21)9-13(10-17(15)28)18-7-4-8-30-18/h3-8,11,13H,9-10H2,1-2H3,(H,23,24,25,26,27)/t13-/m0/s1. The summed E-state index contributed by atoms with van der Waals surface area (Å²) in [5.41, 5.74) is 2.77. The van der Waals surface area contributed by atoms with Crippen LogP contribution in [0.1, 0.15) is 39.8 Å². The molecule has 0 amide bonds. The van der Waals surface area contributed by atoms with Crippen LogP contribution in [0.3, 0.4) is 0 Å². The Kier molecular flexibility index (Phi) is 4.39. The molecule has 0 unspecified atom stereocenters. The Morgan fingerprint density at radius 3 is 2.80 bits per heavy atom. The number of aryl methyl sites for hydroxylation is 1. The molecule has 3 aromatic heterocycles. The number of benzene rings is 1. The third-order valence-corrected chi connectivity index (χ3v) is 5.31. The lowest BCUT2D eigenvalue weighted by atomic mass is 9.85. The summed E-state index contributed by atoms with van der Waals surface area (Å²) in [6.45, 7) is 1.91. The number of hydrogen-bond acceptors (Lipinski definition) is 8. The maximum absolute atomic E-state index is 12.5. The molecule has 0 saturated heterocycles. The highest BCUT2D eigenvalue weighted by Crippen LogP contribution is 2.32. The molecule has 1 N–H and O–H groups in total. The maximum Gasteiger partial charge on any atom is 0.230 e. The van der Waals surface area contributed by atoms with Crippen molar-refractivity contribution in [3.63, 3.8) is 0 Å². The normalized spacial score (nSPS) is 15.8. The van der Waals surface area contributed by atoms with Crippen LogP contribution in [0.2, 0.25) is 0 Å². The predicted octanol–water partition coefficient (Wildman–Crippen LogP) is 3.99. The molecule has 0 saturated carbocycles. The van der Waals surface area contributed by atoms with Gasteiger partial charge in [0, 0.05) is 30.3 Å². The minimum Gasteiger partial charge on any atom is -0.494 e. The Morgan fingerprint density at radius 1 is 1.10 bits per heavy atom. The highest BCUT2D eigenvalue weighted by molar-refractivity contribution is 5.98. The lowest BCUT2D eigenvalue weighted by Crippen LogP contribution is -2.21. The highest BCUT2D eigenvalue weighted by atomic mass is 16.5. The van der Waals surface area contributed by atoms with E-state index in [0.717, 1.165) is 16.8 Å². The van der Waals surface area contributed by atoms with Gasteiger partial charge >= 0.3 is 0 Å². The molecule has 150 valence electrons. The lowest BCUT2D eigenvalue weighted by Gasteiger charge is -2.21. The van der Waals surface area contributed by atoms with Gasteiger partial charge in [0.05, 0.1) is 30.3 Å². The number of methoxy groups -OCH3 is 1. The number of ether oxygens (including phenoxy) is 1. The number of para-hydroxylation sites is 1. The third kappa shape index (κ3) is 3.16. The van der Waals surface area contributed by atoms with Gasteiger partial charge in [-0.1, -0.05) is 12.1 Å². The number of rotatable bonds is 4. The van der Waals surface area contributed by atoms with E-state index in [2.05, 4.69) is 25.3 Å². The topological polar surface area (TPSA) is 103 Å². The summed E-state index contributed by atoms with van der Waals surface area (Å²) in [6, 6.07) is 9.43. The number of Topliss-reactive ketones (excluding diaryl/α,β-unsaturated/α-hetero) is 1. The average molecular weight is 401 g/mol. The average Bonchev–Trinajstić information content (AvgIpc) is 3.28. The van der Waals surface area contributed by atoms with Crippen LogP contribution in [0.15, 0.2) is 47.2 Å². The first-order valence-electron chi connectivity index (χ1n) is 9.63. The van der Waals surface area contributed by atoms with Crippen LogP contribution in [0.5, 0.6) is 5.75 Å². The van der Waals surface area contributed by atoms with Gasteiger partial charge in [0.2, 0.25) is 11.9 Å². The molecule has 1 aromatic carbocycles. The molecule has 0 spiro atoms. The molecule has 0 aliphatic heterocycles. The second-order valence-corrected chi connectivity index (χ2v) is 7.21. The molecule has 3 heterocycles. The van der Waals surface area contributed by atoms with E-state index in [1.165, 1.54) is 0 Å². The van der Waals surface area contributed by atoms with Crippen LogP contribution in [0.4, 0.5) is 11.9 Å². The summed E-state index contributed by atoms with van der Waals surface area (Å²) in [5, 5.41) is 3.98. The summed E-state index contributed by atoms with van der Waals surface area (Å²) in [7, 11) is 1.61. The maximum atomic E-state index is 12.5. The van der Waals surface area contributed by atoms with Gasteiger partial charge in [-0.15, -0.1) is 0 Å². The summed E-state index contributed by atoms with van der Waals surface area (Å²) >= 11 is 0. The van der Waals surface area contributed by atoms with Gasteiger partial charge in [0.15, 0.2) is 5.78 Å². The fourth-order valence-electron chi connectivity index (χ4n) is 3.83. The van der Waals surface area contributed by atoms with Crippen molar-refractivity contribution in [2.24, 2.45) is 0 Å². The van der Waals surface area contributed by atoms with E-state index in [-0.39, 0.29) is 11.7 Å². The van der Waals surface area contributed by atoms with Crippen molar-refractivity contribution in [3.8, 4) is 5.75 Å². The van der Waals surface area contributed by atoms with Crippen LogP contribution in [-0.2, 0) is 6.42 Å². The second-order valence-electron chi connectivity index (χ2n) is 7.21. The fourth-order valence-corrected chi connectivity index (χ4v) is 3.83. The van der Waals surface area contributed by atoms with E-state index >= 15 is 0 Å². The minimum atomic E-state index is -0.0221. The van der Waals surface area contributed by atoms with Gasteiger partial charge in [0.1, 0.15) is 17.0 Å². The van der Waals surface area contributed by atoms with Crippen LogP contribution in [-0.4, -0.2) is 32.8 Å². The SMILES string of the molecule is COc1cccc2c(C)nc(Nc3ncc4c(n3)C[C@H](c3ccco3)CC4=O)nc12. The van der Waals surface area contributed by atoms with Crippen molar-refractivity contribution in [1.29, 1.82) is 0 Å². The first kappa shape index (κ1) is 18.2. The Balaban J connectivity index is 1.48. The first-order chi connectivity index (χ1) is 14.6. The molecule has 1 aliphatic rings. The quantitative estimate of drug-likeness (QED) is 0.548. The zero-order valence-electron chi connectivity index (χ0n) is 16.5. The second kappa shape index (κ2) is 7.22. The van der Waals surface area contributed by atoms with Crippen molar-refractivity contribution in [3.05, 3.63) is 65.5 Å². The predicted molar refractivity (Wildman–Crippen MR) is 110 cm³/mol. The summed E-state index contributed by atoms with van der Waals surface area (Å²) in [4.78, 5) is 30.5. The van der Waals surface area contributed by atoms with E-state index < -0.39 is 0 Å². The number of carbonyl (C=O) groups is 1. The van der Waals surface area contributed by atoms with Crippen LogP contribution >= 0.6 is 0 Å². The molecule has 5 rings (SSSR count). The van der Waals surface area contributed by atoms with Crippen molar-refractivity contribution < 1.29 is 13.9 Å². The molecular weight excluding hydrogens is 382 g/mol. The smallest absolute Gasteiger partial charge is 0.230 e. The molecular formula is C22H19N5O3. The molecule has 8 heteroatoms. The number of anilines is 2. The zero-order valence-corrected chi connectivity index (χ0v) is 16.5. The Hall–Kier alpha value is -3.81. The van der Waals surface area contributed by atoms with E-state index in [9.17, 15) is 4.79 Å². The van der Waals surface area contributed by atoms with E-state index in [0.29, 0.717) is 47.3 Å². The fraction of sp³-hybridized carbons (Fsp3) is 0.227. The third-order valence-electron chi connectivity index (χ3n) is 5.31. The number of hydrogen-bond donors (Lipinski definition) is 1. The molecule has 1 aliphatic carbocycles. The number of carbonyl (C=O) groups excluding carboxylic acids is 1. The molecule has 1 atom stereocenters. The van der Waals surface area contributed by atoms with Gasteiger partial charge in [-0.2, -0.15) is 0 Å². The Labute approximate surface area is 172 Å². The summed E-state index contributed by atoms with van der Waals surface area (Å²) < 4.78 is 10.9. The highest BCUT2D eigenvalue weighted by Gasteiger charge is 2.29. The first-order valence-corrected chi connectivity index (χ1v) is 9.63. The molecule has 0 fully saturated rings. The van der Waals surface area contributed by atoms with Crippen LogP contribution < -0.4 is 10.1 Å². The van der Waals surface area contributed by atoms with Crippen molar-refractivity contribution in [2.75, 3.05) is 12.4 Å². The summed E-state index contributed by atoms with van der Waals surface area (Å²) in [6.07, 6.45) is 4.19. The van der Waals surface area contributed by atoms with Gasteiger partial charge in [-0.05, 0) is 25.1 Å². The van der Waals surface area contributed by atoms with Crippen LogP contribution in [0, 0.1) is 6.92 Å². The van der Waals surface area contributed by atoms with Crippen molar-refractivity contribution >= 4 is 28.6 Å². The summed E-state index contributed by atoms with van der Waals surface area (Å²) in [5.74, 6) is 2.17. The molecule has 0 radical (unpaired) electrons. The number of furan rings is 1. The number of ketones is 1. The van der Waals surface area contributed by atoms with E-state index in [1.54, 1.807) is 19.6 Å². The molecule has 4 aromatic rings. The monoisotopic (exact) mass is 401 g/mol. The zero-order chi connectivity index (χ0) is 20.7. The number of nitrogens with one attached hydrogen (secondary N) is 1. The Bertz CT molecular complexity index is 1250. The van der Waals surface area contributed by atoms with Crippen molar-refractivity contribution in [1.82, 2.24) is 19.9 Å². The van der Waals surface area contributed by atoms with Gasteiger partial charge in [0.25, 0.3) is 0 Å². The molecule has 0 bridgehead atoms. The molecule has 30 heavy (non-hydrogen) atoms. The van der Waals surface area contributed by atoms with Crippen molar-refractivity contribution in [2.45, 2.75) is 25.7 Å². The number of aromatic nitrogens is 4. The van der Waals surface area contributed by atoms with E-state index in [4.69, 9.17) is 9.15 Å². The number of fused-ring (bicyclic) bond motifs is 2. The van der Waals surface area contributed by atoms with Gasteiger partial charge < -0.3 is 9.15 Å². The molecule has 8 nitrogen and oxygen atoms in total. The minimum absolute atomic E-state index is 0.0201. The largest absolute Gasteiger partial charge is 0.494 e.